The first kappa shape index (κ1) is 29.8. The van der Waals surface area contributed by atoms with Crippen LogP contribution in [0, 0.1) is 18.7 Å². The van der Waals surface area contributed by atoms with Gasteiger partial charge < -0.3 is 15.1 Å². The molecule has 0 bridgehead atoms. The van der Waals surface area contributed by atoms with Crippen molar-refractivity contribution in [2.24, 2.45) is 5.92 Å². The van der Waals surface area contributed by atoms with E-state index in [2.05, 4.69) is 55.0 Å². The van der Waals surface area contributed by atoms with Crippen molar-refractivity contribution < 1.29 is 9.18 Å². The van der Waals surface area contributed by atoms with Gasteiger partial charge in [0.25, 0.3) is 0 Å². The van der Waals surface area contributed by atoms with Crippen molar-refractivity contribution in [2.75, 3.05) is 36.0 Å². The van der Waals surface area contributed by atoms with Crippen molar-refractivity contribution in [3.63, 3.8) is 0 Å². The summed E-state index contributed by atoms with van der Waals surface area (Å²) in [5.41, 5.74) is 4.18. The van der Waals surface area contributed by atoms with E-state index >= 15 is 4.39 Å². The van der Waals surface area contributed by atoms with Crippen LogP contribution < -0.4 is 10.2 Å². The molecule has 0 saturated carbocycles. The van der Waals surface area contributed by atoms with E-state index in [-0.39, 0.29) is 28.5 Å². The molecule has 41 heavy (non-hydrogen) atoms. The van der Waals surface area contributed by atoms with Crippen molar-refractivity contribution in [3.8, 4) is 0 Å². The Morgan fingerprint density at radius 1 is 1.24 bits per heavy atom. The minimum atomic E-state index is -0.689. The summed E-state index contributed by atoms with van der Waals surface area (Å²) in [6, 6.07) is 5.39. The minimum absolute atomic E-state index is 0.116. The van der Waals surface area contributed by atoms with Gasteiger partial charge in [0.15, 0.2) is 0 Å². The number of anilines is 3. The molecule has 1 aromatic carbocycles. The standard InChI is InChI=1S/C29H35ClFN6OP.C2H6/c1-15(2)16(3)19-9-33-35-27(19)37-14-29(5,20-7-6-8-21(30)25(20)31)24-17(4)26(32-10-22(24)37)34-18-11-36(12-18)28(38)23-13-39-23;1-2/h6-10,15-16,18,23,39H,11-14H2,1-5H3,(H,32,34)(H,33,35);1-2H3/t16?,23?,29-;/m1./s1. The fourth-order valence-corrected chi connectivity index (χ4v) is 6.89. The normalized spacial score (nSPS) is 22.7. The van der Waals surface area contributed by atoms with Crippen molar-refractivity contribution in [3.05, 3.63) is 63.7 Å². The number of pyridine rings is 1. The van der Waals surface area contributed by atoms with Crippen LogP contribution in [0.2, 0.25) is 5.02 Å². The fraction of sp³-hybridized carbons (Fsp3) is 0.516. The van der Waals surface area contributed by atoms with Crippen molar-refractivity contribution >= 4 is 43.4 Å². The molecule has 2 fully saturated rings. The van der Waals surface area contributed by atoms with E-state index in [0.717, 1.165) is 48.8 Å². The van der Waals surface area contributed by atoms with E-state index in [4.69, 9.17) is 16.6 Å². The Hall–Kier alpha value is -2.70. The maximum absolute atomic E-state index is 15.6. The van der Waals surface area contributed by atoms with Crippen molar-refractivity contribution in [2.45, 2.75) is 71.5 Å². The van der Waals surface area contributed by atoms with Crippen LogP contribution >= 0.6 is 20.2 Å². The van der Waals surface area contributed by atoms with Crippen LogP contribution in [0.25, 0.3) is 0 Å². The van der Waals surface area contributed by atoms with E-state index in [1.165, 1.54) is 0 Å². The Morgan fingerprint density at radius 3 is 2.61 bits per heavy atom. The third-order valence-electron chi connectivity index (χ3n) is 8.81. The lowest BCUT2D eigenvalue weighted by molar-refractivity contribution is -0.133. The maximum Gasteiger partial charge on any atom is 0.230 e. The first-order valence-corrected chi connectivity index (χ1v) is 16.3. The highest BCUT2D eigenvalue weighted by atomic mass is 35.5. The largest absolute Gasteiger partial charge is 0.364 e. The lowest BCUT2D eigenvalue weighted by atomic mass is 9.76. The van der Waals surface area contributed by atoms with E-state index in [9.17, 15) is 4.79 Å². The van der Waals surface area contributed by atoms with Gasteiger partial charge in [-0.3, -0.25) is 9.89 Å². The zero-order chi connectivity index (χ0) is 29.6. The number of halogens is 2. The number of carbonyl (C=O) groups is 1. The number of carbonyl (C=O) groups excluding carboxylic acids is 1. The SMILES string of the molecule is CC.Cc1c(NC2CN(C(=O)C3CP3)C2)ncc2c1[C@@](C)(c1cccc(Cl)c1F)CN2c1[nH]ncc1C(C)C(C)C. The minimum Gasteiger partial charge on any atom is -0.364 e. The van der Waals surface area contributed by atoms with Gasteiger partial charge in [-0.15, -0.1) is 8.58 Å². The third kappa shape index (κ3) is 5.23. The molecule has 6 rings (SSSR count). The number of likely N-dealkylation sites (tertiary alicyclic amines) is 1. The average molecular weight is 599 g/mol. The maximum atomic E-state index is 15.6. The van der Waals surface area contributed by atoms with Gasteiger partial charge in [-0.1, -0.05) is 58.4 Å². The van der Waals surface area contributed by atoms with Gasteiger partial charge in [-0.05, 0) is 49.0 Å². The van der Waals surface area contributed by atoms with Gasteiger partial charge in [-0.2, -0.15) is 5.10 Å². The molecule has 3 aliphatic rings. The number of H-pyrrole nitrogens is 1. The molecule has 5 heterocycles. The number of hydrogen-bond acceptors (Lipinski definition) is 5. The van der Waals surface area contributed by atoms with Gasteiger partial charge in [-0.25, -0.2) is 9.37 Å². The number of nitrogens with one attached hydrogen (secondary N) is 2. The molecule has 2 saturated heterocycles. The predicted octanol–water partition coefficient (Wildman–Crippen LogP) is 6.83. The monoisotopic (exact) mass is 598 g/mol. The van der Waals surface area contributed by atoms with E-state index < -0.39 is 11.2 Å². The number of amides is 1. The Labute approximate surface area is 249 Å². The Kier molecular flexibility index (Phi) is 8.37. The van der Waals surface area contributed by atoms with Crippen molar-refractivity contribution in [1.82, 2.24) is 20.1 Å². The van der Waals surface area contributed by atoms with E-state index in [1.807, 2.05) is 43.3 Å². The second kappa shape index (κ2) is 11.5. The van der Waals surface area contributed by atoms with Gasteiger partial charge >= 0.3 is 0 Å². The average Bonchev–Trinajstić information content (AvgIpc) is 3.59. The Bertz CT molecular complexity index is 1440. The summed E-state index contributed by atoms with van der Waals surface area (Å²) in [6.07, 6.45) is 4.83. The predicted molar refractivity (Wildman–Crippen MR) is 168 cm³/mol. The quantitative estimate of drug-likeness (QED) is 0.292. The summed E-state index contributed by atoms with van der Waals surface area (Å²) in [5, 5.41) is 11.3. The van der Waals surface area contributed by atoms with Gasteiger partial charge in [0.05, 0.1) is 34.8 Å². The Morgan fingerprint density at radius 2 is 1.95 bits per heavy atom. The number of fused-ring (bicyclic) bond motifs is 1. The molecular weight excluding hydrogens is 558 g/mol. The van der Waals surface area contributed by atoms with Crippen LogP contribution in [0.5, 0.6) is 0 Å². The summed E-state index contributed by atoms with van der Waals surface area (Å²) < 4.78 is 15.6. The zero-order valence-electron chi connectivity index (χ0n) is 25.0. The molecule has 3 aromatic rings. The molecule has 7 nitrogen and oxygen atoms in total. The molecule has 3 unspecified atom stereocenters. The fourth-order valence-electron chi connectivity index (χ4n) is 6.07. The third-order valence-corrected chi connectivity index (χ3v) is 10.2. The number of aromatic nitrogens is 3. The Balaban J connectivity index is 0.00000165. The summed E-state index contributed by atoms with van der Waals surface area (Å²) in [6.45, 7) is 16.6. The summed E-state index contributed by atoms with van der Waals surface area (Å²) >= 11 is 6.29. The second-order valence-electron chi connectivity index (χ2n) is 11.8. The van der Waals surface area contributed by atoms with E-state index in [1.54, 1.807) is 6.07 Å². The highest BCUT2D eigenvalue weighted by molar-refractivity contribution is 7.49. The highest BCUT2D eigenvalue weighted by Gasteiger charge is 2.46. The first-order chi connectivity index (χ1) is 19.6. The van der Waals surface area contributed by atoms with Gasteiger partial charge in [0.2, 0.25) is 5.91 Å². The number of benzene rings is 1. The van der Waals surface area contributed by atoms with Crippen LogP contribution in [0.3, 0.4) is 0 Å². The molecule has 220 valence electrons. The topological polar surface area (TPSA) is 77.2 Å². The second-order valence-corrected chi connectivity index (χ2v) is 13.7. The molecule has 1 amide bonds. The number of hydrogen-bond donors (Lipinski definition) is 2. The zero-order valence-corrected chi connectivity index (χ0v) is 26.7. The molecule has 0 radical (unpaired) electrons. The lowest BCUT2D eigenvalue weighted by Crippen LogP contribution is -2.58. The van der Waals surface area contributed by atoms with Gasteiger partial charge in [0.1, 0.15) is 17.5 Å². The molecule has 10 heteroatoms. The first-order valence-electron chi connectivity index (χ1n) is 14.6. The summed E-state index contributed by atoms with van der Waals surface area (Å²) in [4.78, 5) is 21.4. The smallest absolute Gasteiger partial charge is 0.230 e. The van der Waals surface area contributed by atoms with Crippen LogP contribution in [0.1, 0.15) is 69.7 Å². The molecular formula is C31H41ClFN6OP. The molecule has 0 spiro atoms. The van der Waals surface area contributed by atoms with E-state index in [0.29, 0.717) is 31.1 Å². The lowest BCUT2D eigenvalue weighted by Gasteiger charge is -2.40. The number of nitrogens with zero attached hydrogens (tertiary/aromatic N) is 4. The summed E-state index contributed by atoms with van der Waals surface area (Å²) in [5.74, 6) is 2.30. The molecule has 4 atom stereocenters. The van der Waals surface area contributed by atoms with Gasteiger partial charge in [0, 0.05) is 36.2 Å². The number of rotatable bonds is 7. The van der Waals surface area contributed by atoms with Crippen LogP contribution in [-0.4, -0.2) is 63.5 Å². The summed E-state index contributed by atoms with van der Waals surface area (Å²) in [7, 11) is 0.787. The van der Waals surface area contributed by atoms with Crippen LogP contribution in [0.4, 0.5) is 21.7 Å². The number of aromatic amines is 1. The van der Waals surface area contributed by atoms with Crippen LogP contribution in [0.15, 0.2) is 30.6 Å². The molecule has 3 aliphatic heterocycles. The molecule has 0 aliphatic carbocycles. The van der Waals surface area contributed by atoms with Crippen LogP contribution in [-0.2, 0) is 10.2 Å². The highest BCUT2D eigenvalue weighted by Crippen LogP contribution is 2.52. The molecule has 2 N–H and O–H groups in total. The molecule has 2 aromatic heterocycles. The van der Waals surface area contributed by atoms with Crippen molar-refractivity contribution in [1.29, 1.82) is 0 Å².